The second-order valence-electron chi connectivity index (χ2n) is 19.5. The van der Waals surface area contributed by atoms with Crippen molar-refractivity contribution in [2.45, 2.75) is 64.2 Å². The van der Waals surface area contributed by atoms with E-state index >= 15 is 0 Å². The van der Waals surface area contributed by atoms with Crippen molar-refractivity contribution < 1.29 is 52.5 Å². The van der Waals surface area contributed by atoms with E-state index in [0.29, 0.717) is 75.6 Å². The first-order valence-electron chi connectivity index (χ1n) is 27.2. The quantitative estimate of drug-likeness (QED) is 0.167. The van der Waals surface area contributed by atoms with E-state index in [2.05, 4.69) is 75.9 Å². The van der Waals surface area contributed by atoms with Crippen LogP contribution in [0.2, 0.25) is 0 Å². The third-order valence-corrected chi connectivity index (χ3v) is 14.7. The van der Waals surface area contributed by atoms with E-state index in [1.54, 1.807) is 0 Å². The standard InChI is InChI=1S/C64H70N10O4.2Co/c1-7-63(8-2)59-31-27-47(69-59)43-65-51-19-11-15-23-55(51)75-39-35-73(5)37-41-77-57-25-17-13-21-53(57)67-45-49-29-33-61(71-49)64(9-3,10-4)62-34-30-50(72-62)46-68-54-22-14-18-26-58(54)78-42-38-74(6)36-40-76-56-24-16-12-20-52(56)66-44-48-28-32-60(63)70-48;;/h11-34,43-46H,7-10,35-42H2,1-6H3;;/q-4;2*+2. The molecular weight excluding hydrogens is 1090 g/mol. The van der Waals surface area contributed by atoms with Gasteiger partial charge in [0.15, 0.2) is 0 Å². The van der Waals surface area contributed by atoms with Crippen LogP contribution in [0.15, 0.2) is 166 Å². The molecule has 8 bridgehead atoms. The molecule has 5 heterocycles. The molecule has 418 valence electrons. The predicted molar refractivity (Wildman–Crippen MR) is 314 cm³/mol. The molecule has 0 unspecified atom stereocenters. The molecule has 0 saturated heterocycles. The molecule has 0 atom stereocenters. The molecular formula is C64H70Co2N10O4. The van der Waals surface area contributed by atoms with Gasteiger partial charge < -0.3 is 38.9 Å². The summed E-state index contributed by atoms with van der Waals surface area (Å²) in [6.45, 7) is 13.4. The number of fused-ring (bicyclic) bond motifs is 12. The zero-order valence-corrected chi connectivity index (χ0v) is 48.5. The average molecular weight is 1160 g/mol. The van der Waals surface area contributed by atoms with Gasteiger partial charge in [-0.2, -0.15) is 22.8 Å². The molecule has 4 aromatic carbocycles. The monoisotopic (exact) mass is 1160 g/mol. The van der Waals surface area contributed by atoms with Crippen LogP contribution in [0.4, 0.5) is 22.7 Å². The number of aliphatic imine (C=N–C) groups is 4. The van der Waals surface area contributed by atoms with Gasteiger partial charge in [-0.25, -0.2) is 0 Å². The first kappa shape index (κ1) is 60.5. The van der Waals surface area contributed by atoms with Gasteiger partial charge in [0.2, 0.25) is 0 Å². The smallest absolute Gasteiger partial charge is 0.659 e. The van der Waals surface area contributed by atoms with E-state index in [9.17, 15) is 0 Å². The molecule has 16 heteroatoms. The summed E-state index contributed by atoms with van der Waals surface area (Å²) in [6, 6.07) is 47.8. The summed E-state index contributed by atoms with van der Waals surface area (Å²) in [7, 11) is 4.12. The Morgan fingerprint density at radius 1 is 0.350 bits per heavy atom. The zero-order chi connectivity index (χ0) is 54.2. The minimum atomic E-state index is -0.385. The fourth-order valence-corrected chi connectivity index (χ4v) is 9.83. The second kappa shape index (κ2) is 29.3. The van der Waals surface area contributed by atoms with E-state index in [1.807, 2.05) is 146 Å². The Hall–Kier alpha value is -7.19. The van der Waals surface area contributed by atoms with Gasteiger partial charge in [0, 0.05) is 51.0 Å². The Morgan fingerprint density at radius 3 is 0.800 bits per heavy atom. The molecule has 0 aliphatic carbocycles. The molecule has 0 spiro atoms. The molecule has 1 aliphatic heterocycles. The van der Waals surface area contributed by atoms with Crippen molar-refractivity contribution in [2.75, 3.05) is 66.7 Å². The number of aromatic nitrogens is 4. The number of hydrogen-bond acceptors (Lipinski definition) is 10. The van der Waals surface area contributed by atoms with Crippen LogP contribution in [0.3, 0.4) is 0 Å². The maximum absolute atomic E-state index is 6.30. The maximum atomic E-state index is 6.30. The fourth-order valence-electron chi connectivity index (χ4n) is 9.83. The topological polar surface area (TPSA) is 149 Å². The van der Waals surface area contributed by atoms with Crippen molar-refractivity contribution in [3.63, 3.8) is 0 Å². The second-order valence-corrected chi connectivity index (χ2v) is 19.5. The van der Waals surface area contributed by atoms with Crippen LogP contribution in [0.1, 0.15) is 98.9 Å². The van der Waals surface area contributed by atoms with Crippen molar-refractivity contribution in [3.8, 4) is 23.0 Å². The third kappa shape index (κ3) is 14.8. The van der Waals surface area contributed by atoms with Gasteiger partial charge in [0.1, 0.15) is 72.2 Å². The van der Waals surface area contributed by atoms with Crippen LogP contribution in [0, 0.1) is 0 Å². The minimum absolute atomic E-state index is 0. The number of nitrogens with zero attached hydrogens (tertiary/aromatic N) is 10. The molecule has 9 rings (SSSR count). The molecule has 0 fully saturated rings. The number of hydrogen-bond donors (Lipinski definition) is 0. The van der Waals surface area contributed by atoms with Gasteiger partial charge in [-0.15, -0.1) is 22.8 Å². The molecule has 0 N–H and O–H groups in total. The Morgan fingerprint density at radius 2 is 0.575 bits per heavy atom. The third-order valence-electron chi connectivity index (χ3n) is 14.7. The Kier molecular flexibility index (Phi) is 22.2. The normalized spacial score (nSPS) is 15.8. The van der Waals surface area contributed by atoms with E-state index < -0.39 is 0 Å². The summed E-state index contributed by atoms with van der Waals surface area (Å²) in [5, 5.41) is 0. The summed E-state index contributed by atoms with van der Waals surface area (Å²) >= 11 is 0. The number of para-hydroxylation sites is 8. The number of likely N-dealkylation sites (N-methyl/N-ethyl adjacent to an activating group) is 2. The Bertz CT molecular complexity index is 2880. The molecule has 1 aliphatic rings. The van der Waals surface area contributed by atoms with Crippen LogP contribution in [-0.2, 0) is 44.4 Å². The molecule has 8 aromatic rings. The van der Waals surface area contributed by atoms with Gasteiger partial charge >= 0.3 is 33.6 Å². The summed E-state index contributed by atoms with van der Waals surface area (Å²) in [5.41, 5.74) is 9.09. The fraction of sp³-hybridized carbons (Fsp3) is 0.312. The summed E-state index contributed by atoms with van der Waals surface area (Å²) in [6.07, 6.45) is 10.5. The number of rotatable bonds is 4. The predicted octanol–water partition coefficient (Wildman–Crippen LogP) is 11.8. The van der Waals surface area contributed by atoms with Crippen LogP contribution >= 0.6 is 0 Å². The maximum Gasteiger partial charge on any atom is 2.00 e. The minimum Gasteiger partial charge on any atom is -0.659 e. The number of benzene rings is 4. The summed E-state index contributed by atoms with van der Waals surface area (Å²) in [4.78, 5) is 44.2. The van der Waals surface area contributed by atoms with Crippen LogP contribution in [0.5, 0.6) is 23.0 Å². The zero-order valence-electron chi connectivity index (χ0n) is 46.4. The van der Waals surface area contributed by atoms with E-state index in [1.165, 1.54) is 0 Å². The largest absolute Gasteiger partial charge is 2.00 e. The molecule has 14 nitrogen and oxygen atoms in total. The molecule has 2 radical (unpaired) electrons. The van der Waals surface area contributed by atoms with Crippen molar-refractivity contribution in [2.24, 2.45) is 20.0 Å². The van der Waals surface area contributed by atoms with Gasteiger partial charge in [-0.3, -0.25) is 29.8 Å². The average Bonchev–Trinajstić information content (AvgIpc) is 4.34. The Balaban J connectivity index is 0.00000462. The van der Waals surface area contributed by atoms with Crippen LogP contribution < -0.4 is 38.9 Å². The molecule has 4 aromatic heterocycles. The van der Waals surface area contributed by atoms with E-state index in [-0.39, 0.29) is 44.4 Å². The van der Waals surface area contributed by atoms with Crippen molar-refractivity contribution in [1.82, 2.24) is 29.7 Å². The van der Waals surface area contributed by atoms with Crippen molar-refractivity contribution in [1.29, 1.82) is 0 Å². The molecule has 0 saturated carbocycles. The summed E-state index contributed by atoms with van der Waals surface area (Å²) < 4.78 is 25.2. The van der Waals surface area contributed by atoms with Crippen molar-refractivity contribution in [3.05, 3.63) is 191 Å². The van der Waals surface area contributed by atoms with E-state index in [4.69, 9.17) is 58.9 Å². The van der Waals surface area contributed by atoms with E-state index in [0.717, 1.165) is 94.0 Å². The van der Waals surface area contributed by atoms with Crippen LogP contribution in [-0.4, -0.2) is 101 Å². The van der Waals surface area contributed by atoms with Gasteiger partial charge in [-0.05, 0) is 99.1 Å². The molecule has 80 heavy (non-hydrogen) atoms. The first-order valence-corrected chi connectivity index (χ1v) is 27.2. The SMILES string of the molecule is CCC1(CC)c2ccc([n-]2)C=Nc2ccccc2OCCN(C)CCOc2ccccc2N=Cc2ccc([n-]2)C(CC)(CC)c2ccc([n-]2)C=Nc2ccccc2OCCN(C)CCOc2ccccc2N=Cc2ccc1[n-]2.[Co+2].[Co+2]. The first-order chi connectivity index (χ1) is 38.2. The molecule has 0 amide bonds. The van der Waals surface area contributed by atoms with Gasteiger partial charge in [-0.1, -0.05) is 125 Å². The van der Waals surface area contributed by atoms with Crippen molar-refractivity contribution >= 4 is 47.6 Å². The number of ether oxygens (including phenoxy) is 4. The summed E-state index contributed by atoms with van der Waals surface area (Å²) in [5.74, 6) is 2.82. The van der Waals surface area contributed by atoms with Gasteiger partial charge in [0.05, 0.1) is 0 Å². The van der Waals surface area contributed by atoms with Gasteiger partial charge in [0.25, 0.3) is 0 Å². The van der Waals surface area contributed by atoms with Crippen LogP contribution in [0.25, 0.3) is 0 Å². The Labute approximate surface area is 492 Å².